The summed E-state index contributed by atoms with van der Waals surface area (Å²) in [5.74, 6) is -6.81. The minimum atomic E-state index is -5.17. The Morgan fingerprint density at radius 3 is 2.39 bits per heavy atom. The molecule has 1 amide bonds. The zero-order valence-electron chi connectivity index (χ0n) is 30.9. The van der Waals surface area contributed by atoms with Crippen molar-refractivity contribution >= 4 is 43.7 Å². The molecule has 306 valence electrons. The Kier molecular flexibility index (Phi) is 9.53. The molecule has 4 heterocycles. The summed E-state index contributed by atoms with van der Waals surface area (Å²) >= 11 is 0. The van der Waals surface area contributed by atoms with E-state index >= 15 is 8.78 Å². The fourth-order valence-electron chi connectivity index (χ4n) is 7.70. The molecule has 0 saturated heterocycles. The Bertz CT molecular complexity index is 2890. The number of aromatic nitrogens is 6. The van der Waals surface area contributed by atoms with Crippen LogP contribution in [0.15, 0.2) is 78.9 Å². The maximum atomic E-state index is 15.2. The van der Waals surface area contributed by atoms with Crippen molar-refractivity contribution in [3.63, 3.8) is 0 Å². The predicted octanol–water partition coefficient (Wildman–Crippen LogP) is 7.24. The molecule has 4 aromatic heterocycles. The summed E-state index contributed by atoms with van der Waals surface area (Å²) in [6.45, 7) is -1.12. The average Bonchev–Trinajstić information content (AvgIpc) is 3.88. The van der Waals surface area contributed by atoms with Gasteiger partial charge < -0.3 is 16.0 Å². The van der Waals surface area contributed by atoms with Crippen molar-refractivity contribution in [3.05, 3.63) is 119 Å². The van der Waals surface area contributed by atoms with Crippen LogP contribution in [-0.4, -0.2) is 50.1 Å². The van der Waals surface area contributed by atoms with E-state index in [9.17, 15) is 35.2 Å². The first-order valence-corrected chi connectivity index (χ1v) is 19.7. The molecule has 3 aromatic carbocycles. The first-order valence-electron chi connectivity index (χ1n) is 17.8. The fourth-order valence-corrected chi connectivity index (χ4v) is 8.20. The lowest BCUT2D eigenvalue weighted by atomic mass is 9.93. The molecule has 20 heteroatoms. The normalized spacial score (nSPS) is 15.8. The number of hydrogen-bond donors (Lipinski definition) is 4. The molecule has 0 spiro atoms. The van der Waals surface area contributed by atoms with Gasteiger partial charge >= 0.3 is 6.18 Å². The van der Waals surface area contributed by atoms with Gasteiger partial charge in [0.15, 0.2) is 11.5 Å². The Morgan fingerprint density at radius 1 is 1.00 bits per heavy atom. The Morgan fingerprint density at radius 2 is 1.71 bits per heavy atom. The largest absolute Gasteiger partial charge is 0.435 e. The Labute approximate surface area is 330 Å². The van der Waals surface area contributed by atoms with Crippen LogP contribution in [0.3, 0.4) is 0 Å². The lowest BCUT2D eigenvalue weighted by molar-refractivity contribution is -0.142. The number of para-hydroxylation sites is 1. The molecular formula is C39H32F7N9O3S. The summed E-state index contributed by atoms with van der Waals surface area (Å²) < 4.78 is 130. The van der Waals surface area contributed by atoms with Crippen LogP contribution < -0.4 is 15.8 Å². The van der Waals surface area contributed by atoms with Crippen LogP contribution in [0.5, 0.6) is 0 Å². The third kappa shape index (κ3) is 7.60. The van der Waals surface area contributed by atoms with Crippen LogP contribution in [0.1, 0.15) is 46.7 Å². The summed E-state index contributed by atoms with van der Waals surface area (Å²) in [6.07, 6.45) is -5.69. The molecule has 1 aliphatic carbocycles. The van der Waals surface area contributed by atoms with Crippen molar-refractivity contribution in [1.29, 1.82) is 0 Å². The van der Waals surface area contributed by atoms with Crippen LogP contribution in [0.2, 0.25) is 0 Å². The topological polar surface area (TPSA) is 166 Å². The van der Waals surface area contributed by atoms with Crippen LogP contribution >= 0.6 is 0 Å². The molecule has 5 N–H and O–H groups in total. The molecule has 0 radical (unpaired) electrons. The minimum absolute atomic E-state index is 0.00950. The number of aryl methyl sites for hydroxylation is 1. The predicted molar refractivity (Wildman–Crippen MR) is 203 cm³/mol. The number of amides is 1. The number of H-pyrrole nitrogens is 1. The third-order valence-corrected chi connectivity index (χ3v) is 10.5. The number of fused-ring (bicyclic) bond motifs is 3. The highest BCUT2D eigenvalue weighted by atomic mass is 32.2. The Hall–Kier alpha value is -6.28. The van der Waals surface area contributed by atoms with E-state index in [1.54, 1.807) is 37.4 Å². The van der Waals surface area contributed by atoms with Gasteiger partial charge in [-0.2, -0.15) is 32.1 Å². The number of rotatable bonds is 10. The monoisotopic (exact) mass is 839 g/mol. The molecule has 7 aromatic rings. The average molecular weight is 840 g/mol. The second-order valence-electron chi connectivity index (χ2n) is 14.3. The van der Waals surface area contributed by atoms with E-state index in [-0.39, 0.29) is 28.2 Å². The number of anilines is 1. The van der Waals surface area contributed by atoms with Gasteiger partial charge in [0.25, 0.3) is 5.92 Å². The highest BCUT2D eigenvalue weighted by Crippen LogP contribution is 2.50. The SMILES string of the molecule is Cn1nc(NS(C)(=O)=O)c2cccc(-c3cc4[nH]c(-c5ccccc5)cc4nc3[C@H](Cc3cc(F)cc(F)c3)NC(=O)Cn3nc(C(F)(F)F)c4c3C(F)(F)C[C@@H]4N)c21. The van der Waals surface area contributed by atoms with Crippen molar-refractivity contribution in [2.45, 2.75) is 43.6 Å². The summed E-state index contributed by atoms with van der Waals surface area (Å²) in [4.78, 5) is 22.3. The molecule has 0 bridgehead atoms. The van der Waals surface area contributed by atoms with Crippen LogP contribution in [0.4, 0.5) is 36.6 Å². The number of carbonyl (C=O) groups is 1. The molecule has 1 aliphatic rings. The number of nitrogens with one attached hydrogen (secondary N) is 3. The quantitative estimate of drug-likeness (QED) is 0.105. The first-order chi connectivity index (χ1) is 27.8. The van der Waals surface area contributed by atoms with E-state index in [2.05, 4.69) is 25.2 Å². The zero-order chi connectivity index (χ0) is 42.2. The lowest BCUT2D eigenvalue weighted by Gasteiger charge is -2.23. The zero-order valence-corrected chi connectivity index (χ0v) is 31.7. The van der Waals surface area contributed by atoms with E-state index in [1.165, 1.54) is 4.68 Å². The number of sulfonamides is 1. The van der Waals surface area contributed by atoms with Crippen molar-refractivity contribution in [2.24, 2.45) is 12.8 Å². The van der Waals surface area contributed by atoms with Crippen molar-refractivity contribution in [3.8, 4) is 22.4 Å². The number of hydrogen-bond acceptors (Lipinski definition) is 7. The summed E-state index contributed by atoms with van der Waals surface area (Å²) in [5.41, 5.74) is 5.62. The van der Waals surface area contributed by atoms with E-state index < -0.39 is 81.7 Å². The smallest absolute Gasteiger partial charge is 0.353 e. The van der Waals surface area contributed by atoms with Gasteiger partial charge in [-0.1, -0.05) is 42.5 Å². The van der Waals surface area contributed by atoms with E-state index in [4.69, 9.17) is 10.7 Å². The first kappa shape index (κ1) is 39.5. The van der Waals surface area contributed by atoms with Gasteiger partial charge in [0, 0.05) is 53.3 Å². The number of benzene rings is 3. The molecule has 12 nitrogen and oxygen atoms in total. The molecular weight excluding hydrogens is 808 g/mol. The molecule has 59 heavy (non-hydrogen) atoms. The summed E-state index contributed by atoms with van der Waals surface area (Å²) in [5, 5.41) is 10.8. The second kappa shape index (κ2) is 14.2. The van der Waals surface area contributed by atoms with E-state index in [1.807, 2.05) is 30.3 Å². The van der Waals surface area contributed by atoms with Gasteiger partial charge in [0.05, 0.1) is 34.5 Å². The number of pyridine rings is 1. The van der Waals surface area contributed by atoms with Crippen molar-refractivity contribution in [2.75, 3.05) is 11.0 Å². The summed E-state index contributed by atoms with van der Waals surface area (Å²) in [6, 6.07) is 17.2. The van der Waals surface area contributed by atoms with Gasteiger partial charge in [-0.25, -0.2) is 22.2 Å². The van der Waals surface area contributed by atoms with Crippen molar-refractivity contribution in [1.82, 2.24) is 34.8 Å². The van der Waals surface area contributed by atoms with Crippen LogP contribution in [0, 0.1) is 11.6 Å². The van der Waals surface area contributed by atoms with E-state index in [0.29, 0.717) is 44.8 Å². The molecule has 8 rings (SSSR count). The van der Waals surface area contributed by atoms with E-state index in [0.717, 1.165) is 24.0 Å². The number of carbonyl (C=O) groups excluding carboxylic acids is 1. The van der Waals surface area contributed by atoms with Gasteiger partial charge in [-0.15, -0.1) is 0 Å². The highest BCUT2D eigenvalue weighted by Gasteiger charge is 2.53. The Balaban J connectivity index is 1.31. The highest BCUT2D eigenvalue weighted by molar-refractivity contribution is 7.92. The minimum Gasteiger partial charge on any atom is -0.353 e. The molecule has 0 fully saturated rings. The maximum Gasteiger partial charge on any atom is 0.435 e. The fraction of sp³-hybridized carbons (Fsp3) is 0.231. The van der Waals surface area contributed by atoms with Crippen molar-refractivity contribution < 1.29 is 43.9 Å². The number of aromatic amines is 1. The number of nitrogens with zero attached hydrogens (tertiary/aromatic N) is 5. The third-order valence-electron chi connectivity index (χ3n) is 9.93. The molecule has 0 unspecified atom stereocenters. The van der Waals surface area contributed by atoms with Crippen LogP contribution in [-0.2, 0) is 46.9 Å². The van der Waals surface area contributed by atoms with Crippen LogP contribution in [0.25, 0.3) is 44.3 Å². The molecule has 0 aliphatic heterocycles. The van der Waals surface area contributed by atoms with Gasteiger partial charge in [0.2, 0.25) is 15.9 Å². The molecule has 0 saturated carbocycles. The number of alkyl halides is 5. The lowest BCUT2D eigenvalue weighted by Crippen LogP contribution is -2.35. The number of nitrogens with two attached hydrogens (primary N) is 1. The van der Waals surface area contributed by atoms with Gasteiger partial charge in [-0.05, 0) is 47.9 Å². The number of halogens is 7. The summed E-state index contributed by atoms with van der Waals surface area (Å²) in [7, 11) is -2.21. The van der Waals surface area contributed by atoms with Gasteiger partial charge in [0.1, 0.15) is 23.9 Å². The standard InChI is InChI=1S/C39H32F7N9O3S/c1-54-34-23(9-6-10-24(34)37(52-54)53-59(2,57)58)25-15-28-29(16-27(48-28)20-7-4-3-5-8-20)50-33(25)30(13-19-11-21(40)14-22(41)12-19)49-31(56)18-55-36-32(26(47)17-38(36,42)43)35(51-55)39(44,45)46/h3-12,14-16,26,30,48H,13,17-18,47H2,1-2H3,(H,49,56)(H,52,53)/t26-,30-/m0/s1. The van der Waals surface area contributed by atoms with Gasteiger partial charge in [-0.3, -0.25) is 18.9 Å². The molecule has 2 atom stereocenters. The maximum absolute atomic E-state index is 15.2. The second-order valence-corrected chi connectivity index (χ2v) is 16.1.